The smallest absolute Gasteiger partial charge is 0.150 e. The van der Waals surface area contributed by atoms with Gasteiger partial charge in [-0.2, -0.15) is 0 Å². The zero-order chi connectivity index (χ0) is 13.5. The van der Waals surface area contributed by atoms with Crippen LogP contribution in [0.2, 0.25) is 0 Å². The molecule has 1 N–H and O–H groups in total. The number of hydrogen-bond acceptors (Lipinski definition) is 3. The van der Waals surface area contributed by atoms with E-state index in [0.717, 1.165) is 30.7 Å². The molecule has 0 bridgehead atoms. The molecule has 0 atom stereocenters. The summed E-state index contributed by atoms with van der Waals surface area (Å²) in [6, 6.07) is 3.10. The van der Waals surface area contributed by atoms with Crippen LogP contribution >= 0.6 is 0 Å². The van der Waals surface area contributed by atoms with Crippen LogP contribution in [0, 0.1) is 11.7 Å². The topological polar surface area (TPSA) is 45.5 Å². The maximum Gasteiger partial charge on any atom is 0.150 e. The molecule has 1 saturated carbocycles. The molecule has 3 nitrogen and oxygen atoms in total. The van der Waals surface area contributed by atoms with Crippen LogP contribution in [0.15, 0.2) is 17.3 Å². The average molecular weight is 264 g/mol. The fraction of sp³-hybridized carbons (Fsp3) is 0.600. The molecular weight excluding hydrogens is 243 g/mol. The van der Waals surface area contributed by atoms with E-state index in [1.807, 2.05) is 0 Å². The highest BCUT2D eigenvalue weighted by Gasteiger charge is 2.13. The Morgan fingerprint density at radius 1 is 1.32 bits per heavy atom. The molecule has 2 rings (SSSR count). The molecule has 0 radical (unpaired) electrons. The first-order valence-electron chi connectivity index (χ1n) is 7.12. The summed E-state index contributed by atoms with van der Waals surface area (Å²) in [6.45, 7) is 0. The number of rotatable bonds is 5. The first kappa shape index (κ1) is 14.0. The Bertz CT molecular complexity index is 428. The number of pyridine rings is 1. The summed E-state index contributed by atoms with van der Waals surface area (Å²) >= 11 is 0. The molecule has 0 aromatic carbocycles. The maximum atomic E-state index is 13.3. The number of aromatic nitrogens is 1. The van der Waals surface area contributed by atoms with E-state index in [0.29, 0.717) is 0 Å². The second-order valence-electron chi connectivity index (χ2n) is 5.31. The first-order valence-corrected chi connectivity index (χ1v) is 7.12. The van der Waals surface area contributed by atoms with Gasteiger partial charge in [0.1, 0.15) is 5.69 Å². The maximum absolute atomic E-state index is 13.3. The summed E-state index contributed by atoms with van der Waals surface area (Å²) in [6.07, 6.45) is 11.1. The zero-order valence-corrected chi connectivity index (χ0v) is 11.2. The summed E-state index contributed by atoms with van der Waals surface area (Å²) < 4.78 is 13.3. The molecule has 104 valence electrons. The van der Waals surface area contributed by atoms with Crippen LogP contribution in [0.3, 0.4) is 0 Å². The van der Waals surface area contributed by atoms with Gasteiger partial charge < -0.3 is 5.21 Å². The van der Waals surface area contributed by atoms with Crippen LogP contribution in [-0.2, 0) is 6.42 Å². The highest BCUT2D eigenvalue weighted by atomic mass is 19.1. The van der Waals surface area contributed by atoms with Crippen molar-refractivity contribution in [1.29, 1.82) is 0 Å². The van der Waals surface area contributed by atoms with Crippen LogP contribution < -0.4 is 0 Å². The molecule has 0 saturated heterocycles. The Hall–Kier alpha value is -1.45. The van der Waals surface area contributed by atoms with Crippen molar-refractivity contribution in [3.05, 3.63) is 29.3 Å². The van der Waals surface area contributed by atoms with Crippen LogP contribution in [0.4, 0.5) is 4.39 Å². The molecule has 0 unspecified atom stereocenters. The third-order valence-corrected chi connectivity index (χ3v) is 3.88. The lowest BCUT2D eigenvalue weighted by Gasteiger charge is -2.21. The minimum atomic E-state index is -0.450. The highest BCUT2D eigenvalue weighted by Crippen LogP contribution is 2.27. The van der Waals surface area contributed by atoms with Crippen LogP contribution in [0.5, 0.6) is 0 Å². The predicted molar refractivity (Wildman–Crippen MR) is 73.1 cm³/mol. The van der Waals surface area contributed by atoms with Gasteiger partial charge in [-0.25, -0.2) is 9.37 Å². The van der Waals surface area contributed by atoms with Crippen molar-refractivity contribution in [2.45, 2.75) is 51.4 Å². The monoisotopic (exact) mass is 264 g/mol. The van der Waals surface area contributed by atoms with Crippen LogP contribution in [-0.4, -0.2) is 16.4 Å². The van der Waals surface area contributed by atoms with Crippen molar-refractivity contribution in [2.24, 2.45) is 11.1 Å². The molecule has 1 aromatic rings. The summed E-state index contributed by atoms with van der Waals surface area (Å²) in [7, 11) is 0. The van der Waals surface area contributed by atoms with Gasteiger partial charge in [-0.05, 0) is 30.9 Å². The molecule has 1 aliphatic carbocycles. The molecule has 1 heterocycles. The largest absolute Gasteiger partial charge is 0.411 e. The molecule has 1 aliphatic rings. The Labute approximate surface area is 113 Å². The second-order valence-corrected chi connectivity index (χ2v) is 5.31. The van der Waals surface area contributed by atoms with Crippen molar-refractivity contribution < 1.29 is 9.60 Å². The van der Waals surface area contributed by atoms with E-state index >= 15 is 0 Å². The fourth-order valence-electron chi connectivity index (χ4n) is 2.83. The second kappa shape index (κ2) is 7.22. The quantitative estimate of drug-likeness (QED) is 0.497. The van der Waals surface area contributed by atoms with E-state index in [4.69, 9.17) is 5.21 Å². The van der Waals surface area contributed by atoms with E-state index < -0.39 is 5.82 Å². The Balaban J connectivity index is 1.83. The van der Waals surface area contributed by atoms with Gasteiger partial charge in [0.2, 0.25) is 0 Å². The van der Waals surface area contributed by atoms with Crippen molar-refractivity contribution in [1.82, 2.24) is 4.98 Å². The third-order valence-electron chi connectivity index (χ3n) is 3.88. The molecule has 19 heavy (non-hydrogen) atoms. The summed E-state index contributed by atoms with van der Waals surface area (Å²) in [5, 5.41) is 11.3. The van der Waals surface area contributed by atoms with Gasteiger partial charge in [-0.3, -0.25) is 0 Å². The minimum Gasteiger partial charge on any atom is -0.411 e. The standard InChI is InChI=1S/C15H21FN2O/c16-14-10-9-13(18-15(14)11-17-19)8-4-7-12-5-2-1-3-6-12/h9-12,19H,1-8H2/b17-11+. The number of hydrogen-bond donors (Lipinski definition) is 1. The normalized spacial score (nSPS) is 17.1. The van der Waals surface area contributed by atoms with Crippen LogP contribution in [0.25, 0.3) is 0 Å². The summed E-state index contributed by atoms with van der Waals surface area (Å²) in [5.41, 5.74) is 0.977. The molecule has 4 heteroatoms. The molecule has 1 fully saturated rings. The lowest BCUT2D eigenvalue weighted by Crippen LogP contribution is -2.07. The van der Waals surface area contributed by atoms with Crippen molar-refractivity contribution >= 4 is 6.21 Å². The van der Waals surface area contributed by atoms with E-state index in [2.05, 4.69) is 10.1 Å². The van der Waals surface area contributed by atoms with Crippen LogP contribution in [0.1, 0.15) is 56.3 Å². The predicted octanol–water partition coefficient (Wildman–Crippen LogP) is 3.93. The molecule has 0 spiro atoms. The summed E-state index contributed by atoms with van der Waals surface area (Å²) in [5.74, 6) is 0.418. The minimum absolute atomic E-state index is 0.109. The number of aryl methyl sites for hydroxylation is 1. The third kappa shape index (κ3) is 4.30. The van der Waals surface area contributed by atoms with Crippen molar-refractivity contribution in [3.8, 4) is 0 Å². The average Bonchev–Trinajstić information content (AvgIpc) is 2.44. The zero-order valence-electron chi connectivity index (χ0n) is 11.2. The molecule has 0 amide bonds. The number of nitrogens with zero attached hydrogens (tertiary/aromatic N) is 2. The summed E-state index contributed by atoms with van der Waals surface area (Å²) in [4.78, 5) is 4.16. The van der Waals surface area contributed by atoms with Gasteiger partial charge in [0.25, 0.3) is 0 Å². The van der Waals surface area contributed by atoms with Gasteiger partial charge in [-0.1, -0.05) is 43.7 Å². The SMILES string of the molecule is O/N=C/c1nc(CCCC2CCCCC2)ccc1F. The van der Waals surface area contributed by atoms with E-state index in [-0.39, 0.29) is 5.69 Å². The highest BCUT2D eigenvalue weighted by molar-refractivity contribution is 5.76. The Kier molecular flexibility index (Phi) is 5.31. The van der Waals surface area contributed by atoms with E-state index in [9.17, 15) is 4.39 Å². The molecule has 0 aliphatic heterocycles. The number of halogens is 1. The van der Waals surface area contributed by atoms with Gasteiger partial charge in [0.15, 0.2) is 5.82 Å². The van der Waals surface area contributed by atoms with Gasteiger partial charge in [-0.15, -0.1) is 0 Å². The van der Waals surface area contributed by atoms with E-state index in [1.165, 1.54) is 44.6 Å². The molecule has 1 aromatic heterocycles. The fourth-order valence-corrected chi connectivity index (χ4v) is 2.83. The van der Waals surface area contributed by atoms with Gasteiger partial charge >= 0.3 is 0 Å². The van der Waals surface area contributed by atoms with Crippen molar-refractivity contribution in [2.75, 3.05) is 0 Å². The van der Waals surface area contributed by atoms with Gasteiger partial charge in [0, 0.05) is 5.69 Å². The van der Waals surface area contributed by atoms with E-state index in [1.54, 1.807) is 6.07 Å². The Morgan fingerprint density at radius 2 is 2.11 bits per heavy atom. The lowest BCUT2D eigenvalue weighted by molar-refractivity contribution is 0.321. The number of oxime groups is 1. The van der Waals surface area contributed by atoms with Crippen molar-refractivity contribution in [3.63, 3.8) is 0 Å². The molecular formula is C15H21FN2O. The van der Waals surface area contributed by atoms with Gasteiger partial charge in [0.05, 0.1) is 6.21 Å². The Morgan fingerprint density at radius 3 is 2.84 bits per heavy atom. The lowest BCUT2D eigenvalue weighted by atomic mass is 9.85. The first-order chi connectivity index (χ1) is 9.29.